The number of ether oxygens (including phenoxy) is 4. The van der Waals surface area contributed by atoms with E-state index in [0.29, 0.717) is 19.3 Å². The Morgan fingerprint density at radius 1 is 0.949 bits per heavy atom. The van der Waals surface area contributed by atoms with Crippen molar-refractivity contribution in [3.63, 3.8) is 0 Å². The maximum Gasteiger partial charge on any atom is 0.339 e. The van der Waals surface area contributed by atoms with Gasteiger partial charge in [0.05, 0.1) is 17.9 Å². The van der Waals surface area contributed by atoms with E-state index in [0.717, 1.165) is 5.56 Å². The summed E-state index contributed by atoms with van der Waals surface area (Å²) in [5, 5.41) is 0. The monoisotopic (exact) mass is 542 g/mol. The zero-order valence-corrected chi connectivity index (χ0v) is 23.7. The first-order chi connectivity index (χ1) is 18.2. The third-order valence-corrected chi connectivity index (χ3v) is 11.7. The SMILES string of the molecule is CC(=O)O[C@H]1C[C@H](OC(C)=O)[C@]2(C)C3CC[C@@]4(C)[C@H](c5ccoc5)OC(=O)[C@H]5O[C@]54[C@]3(C)C(=O)C[C@H]2C1(C)C. The van der Waals surface area contributed by atoms with Gasteiger partial charge < -0.3 is 23.4 Å². The van der Waals surface area contributed by atoms with Crippen LogP contribution in [0.5, 0.6) is 0 Å². The molecule has 1 unspecified atom stereocenters. The van der Waals surface area contributed by atoms with Crippen molar-refractivity contribution < 1.29 is 42.5 Å². The number of rotatable bonds is 3. The van der Waals surface area contributed by atoms with Gasteiger partial charge in [-0.3, -0.25) is 14.4 Å². The Kier molecular flexibility index (Phi) is 5.41. The third kappa shape index (κ3) is 3.05. The van der Waals surface area contributed by atoms with Gasteiger partial charge in [-0.1, -0.05) is 27.7 Å². The molecular weight excluding hydrogens is 504 g/mol. The first-order valence-electron chi connectivity index (χ1n) is 13.9. The van der Waals surface area contributed by atoms with Crippen LogP contribution in [0, 0.1) is 33.5 Å². The van der Waals surface area contributed by atoms with Gasteiger partial charge in [-0.2, -0.15) is 0 Å². The maximum absolute atomic E-state index is 14.6. The van der Waals surface area contributed by atoms with Gasteiger partial charge in [-0.15, -0.1) is 0 Å². The molecule has 2 aliphatic heterocycles. The largest absolute Gasteiger partial charge is 0.472 e. The number of furan rings is 1. The number of epoxide rings is 1. The van der Waals surface area contributed by atoms with Crippen LogP contribution in [0.4, 0.5) is 0 Å². The summed E-state index contributed by atoms with van der Waals surface area (Å²) >= 11 is 0. The van der Waals surface area contributed by atoms with Crippen LogP contribution in [-0.4, -0.2) is 47.6 Å². The fourth-order valence-electron chi connectivity index (χ4n) is 9.92. The number of esters is 3. The molecule has 0 radical (unpaired) electrons. The average Bonchev–Trinajstić information content (AvgIpc) is 3.41. The molecule has 0 N–H and O–H groups in total. The minimum Gasteiger partial charge on any atom is -0.472 e. The molecule has 0 bridgehead atoms. The highest BCUT2D eigenvalue weighted by Gasteiger charge is 2.89. The first-order valence-corrected chi connectivity index (χ1v) is 13.9. The summed E-state index contributed by atoms with van der Waals surface area (Å²) < 4.78 is 29.5. The summed E-state index contributed by atoms with van der Waals surface area (Å²) in [6.07, 6.45) is 2.44. The molecule has 6 rings (SSSR count). The summed E-state index contributed by atoms with van der Waals surface area (Å²) in [6.45, 7) is 13.0. The van der Waals surface area contributed by atoms with Crippen LogP contribution in [0.1, 0.15) is 85.8 Å². The van der Waals surface area contributed by atoms with Crippen LogP contribution in [0.2, 0.25) is 0 Å². The number of ketones is 1. The van der Waals surface area contributed by atoms with E-state index in [4.69, 9.17) is 23.4 Å². The van der Waals surface area contributed by atoms with Gasteiger partial charge in [0.25, 0.3) is 0 Å². The number of fused-ring (bicyclic) bond motifs is 3. The Hall–Kier alpha value is -2.68. The van der Waals surface area contributed by atoms with Crippen LogP contribution in [0.3, 0.4) is 0 Å². The van der Waals surface area contributed by atoms with Gasteiger partial charge in [0.15, 0.2) is 6.10 Å². The Morgan fingerprint density at radius 3 is 2.23 bits per heavy atom. The molecule has 39 heavy (non-hydrogen) atoms. The van der Waals surface area contributed by atoms with Gasteiger partial charge >= 0.3 is 17.9 Å². The normalized spacial score (nSPS) is 47.5. The lowest BCUT2D eigenvalue weighted by atomic mass is 9.34. The molecule has 5 aliphatic rings. The van der Waals surface area contributed by atoms with E-state index in [1.165, 1.54) is 13.8 Å². The van der Waals surface area contributed by atoms with Crippen molar-refractivity contribution in [1.29, 1.82) is 0 Å². The lowest BCUT2D eigenvalue weighted by Crippen LogP contribution is -2.74. The lowest BCUT2D eigenvalue weighted by molar-refractivity contribution is -0.259. The summed E-state index contributed by atoms with van der Waals surface area (Å²) in [5.41, 5.74) is -3.19. The lowest BCUT2D eigenvalue weighted by Gasteiger charge is -2.69. The molecule has 2 saturated heterocycles. The van der Waals surface area contributed by atoms with E-state index >= 15 is 0 Å². The predicted octanol–water partition coefficient (Wildman–Crippen LogP) is 4.33. The first kappa shape index (κ1) is 26.5. The number of cyclic esters (lactones) is 1. The number of carbonyl (C=O) groups excluding carboxylic acids is 4. The topological polar surface area (TPSA) is 122 Å². The Balaban J connectivity index is 1.50. The molecule has 1 spiro atoms. The molecule has 212 valence electrons. The molecular formula is C30H38O9. The van der Waals surface area contributed by atoms with Gasteiger partial charge in [0, 0.05) is 48.5 Å². The van der Waals surface area contributed by atoms with Crippen molar-refractivity contribution in [1.82, 2.24) is 0 Å². The second kappa shape index (κ2) is 7.95. The number of Topliss-reactive ketones (excluding diaryl/α,β-unsaturated/α-hetero) is 1. The molecule has 5 fully saturated rings. The molecule has 0 aromatic carbocycles. The summed E-state index contributed by atoms with van der Waals surface area (Å²) in [7, 11) is 0. The molecule has 0 amide bonds. The zero-order chi connectivity index (χ0) is 28.3. The van der Waals surface area contributed by atoms with Gasteiger partial charge in [0.2, 0.25) is 0 Å². The molecule has 1 aromatic rings. The predicted molar refractivity (Wildman–Crippen MR) is 135 cm³/mol. The molecule has 3 heterocycles. The summed E-state index contributed by atoms with van der Waals surface area (Å²) in [6, 6.07) is 1.80. The van der Waals surface area contributed by atoms with Gasteiger partial charge in [0.1, 0.15) is 29.7 Å². The molecule has 9 nitrogen and oxygen atoms in total. The van der Waals surface area contributed by atoms with Gasteiger partial charge in [-0.25, -0.2) is 4.79 Å². The van der Waals surface area contributed by atoms with Crippen LogP contribution in [-0.2, 0) is 38.1 Å². The second-order valence-corrected chi connectivity index (χ2v) is 13.6. The summed E-state index contributed by atoms with van der Waals surface area (Å²) in [4.78, 5) is 52.3. The zero-order valence-electron chi connectivity index (χ0n) is 23.7. The van der Waals surface area contributed by atoms with E-state index in [1.807, 2.05) is 20.8 Å². The molecule has 10 atom stereocenters. The van der Waals surface area contributed by atoms with Crippen molar-refractivity contribution in [2.45, 2.75) is 104 Å². The molecule has 3 saturated carbocycles. The number of hydrogen-bond donors (Lipinski definition) is 0. The van der Waals surface area contributed by atoms with Crippen molar-refractivity contribution in [2.24, 2.45) is 33.5 Å². The molecule has 1 aromatic heterocycles. The highest BCUT2D eigenvalue weighted by Crippen LogP contribution is 2.79. The smallest absolute Gasteiger partial charge is 0.339 e. The quantitative estimate of drug-likeness (QED) is 0.312. The van der Waals surface area contributed by atoms with Crippen molar-refractivity contribution >= 4 is 23.7 Å². The minimum absolute atomic E-state index is 0.0298. The fourth-order valence-corrected chi connectivity index (χ4v) is 9.92. The van der Waals surface area contributed by atoms with E-state index in [2.05, 4.69) is 13.8 Å². The highest BCUT2D eigenvalue weighted by molar-refractivity contribution is 5.93. The van der Waals surface area contributed by atoms with Gasteiger partial charge in [-0.05, 0) is 37.7 Å². The minimum atomic E-state index is -1.05. The van der Waals surface area contributed by atoms with Crippen molar-refractivity contribution in [3.05, 3.63) is 24.2 Å². The van der Waals surface area contributed by atoms with E-state index in [-0.39, 0.29) is 24.0 Å². The van der Waals surface area contributed by atoms with Crippen LogP contribution in [0.25, 0.3) is 0 Å². The van der Waals surface area contributed by atoms with Crippen LogP contribution in [0.15, 0.2) is 23.0 Å². The van der Waals surface area contributed by atoms with Crippen molar-refractivity contribution in [2.75, 3.05) is 0 Å². The second-order valence-electron chi connectivity index (χ2n) is 13.6. The Bertz CT molecular complexity index is 1250. The Morgan fingerprint density at radius 2 is 1.62 bits per heavy atom. The third-order valence-electron chi connectivity index (χ3n) is 11.7. The fraction of sp³-hybridized carbons (Fsp3) is 0.733. The maximum atomic E-state index is 14.6. The average molecular weight is 543 g/mol. The summed E-state index contributed by atoms with van der Waals surface area (Å²) in [5.74, 6) is -1.72. The van der Waals surface area contributed by atoms with E-state index < -0.39 is 69.6 Å². The van der Waals surface area contributed by atoms with Crippen LogP contribution < -0.4 is 0 Å². The van der Waals surface area contributed by atoms with E-state index in [1.54, 1.807) is 18.6 Å². The van der Waals surface area contributed by atoms with E-state index in [9.17, 15) is 19.2 Å². The molecule has 9 heteroatoms. The van der Waals surface area contributed by atoms with Crippen molar-refractivity contribution in [3.8, 4) is 0 Å². The number of hydrogen-bond acceptors (Lipinski definition) is 9. The highest BCUT2D eigenvalue weighted by atomic mass is 16.7. The molecule has 3 aliphatic carbocycles. The number of carbonyl (C=O) groups is 4. The van der Waals surface area contributed by atoms with Crippen LogP contribution >= 0.6 is 0 Å². The standard InChI is InChI=1S/C30H38O9/c1-15(31)36-21-13-22(37-16(2)32)28(6)18-8-10-27(5)23(17-9-11-35-14-17)38-25(34)24-30(27,39-24)29(18,7)20(33)12-19(28)26(21,3)4/h9,11,14,18-19,21-24H,8,10,12-13H2,1-7H3/t18?,19-,21-,22-,23-,24+,27-,28+,29-,30+/m0/s1. The Labute approximate surface area is 228 Å².